The van der Waals surface area contributed by atoms with Crippen LogP contribution in [-0.2, 0) is 47.0 Å². The SMILES string of the molecule is [C-]#[N+]CCOP(OC1[C@@H](CC)O[C@@H](n2ccc(N=CN(C)C)nc2=O)[C@H]1OCCCCCCNC(=O)CCCCO[C@@H]1O[C@H](COC(=O)c2ccccc2)[C@H](OC(=O)c2ccccc2)[C@H](OC(=O)c2ccccc2)[C@H]1C)N(C(C)C)C(C)C. The van der Waals surface area contributed by atoms with Crippen LogP contribution in [0.15, 0.2) is 113 Å². The van der Waals surface area contributed by atoms with Crippen LogP contribution in [0.4, 0.5) is 5.82 Å². The van der Waals surface area contributed by atoms with Crippen LogP contribution < -0.4 is 11.0 Å². The molecule has 4 aromatic rings. The zero-order chi connectivity index (χ0) is 59.7. The zero-order valence-corrected chi connectivity index (χ0v) is 49.9. The van der Waals surface area contributed by atoms with Crippen molar-refractivity contribution in [1.82, 2.24) is 24.4 Å². The minimum Gasteiger partial charge on any atom is -0.459 e. The van der Waals surface area contributed by atoms with Crippen molar-refractivity contribution in [2.75, 3.05) is 53.6 Å². The number of carbonyl (C=O) groups is 4. The van der Waals surface area contributed by atoms with Crippen LogP contribution in [0.25, 0.3) is 4.85 Å². The molecule has 2 unspecified atom stereocenters. The number of carbonyl (C=O) groups excluding carboxylic acids is 4. The fourth-order valence-corrected chi connectivity index (χ4v) is 11.3. The number of benzene rings is 3. The van der Waals surface area contributed by atoms with E-state index in [1.54, 1.807) is 121 Å². The summed E-state index contributed by atoms with van der Waals surface area (Å²) in [7, 11) is 2.00. The molecule has 0 bridgehead atoms. The first-order chi connectivity index (χ1) is 40.1. The van der Waals surface area contributed by atoms with E-state index in [0.717, 1.165) is 19.3 Å². The number of amides is 1. The Bertz CT molecular complexity index is 2740. The molecule has 3 aromatic carbocycles. The maximum absolute atomic E-state index is 13.6. The van der Waals surface area contributed by atoms with Crippen molar-refractivity contribution in [2.24, 2.45) is 10.9 Å². The van der Waals surface area contributed by atoms with Gasteiger partial charge in [0, 0.05) is 64.5 Å². The highest BCUT2D eigenvalue weighted by molar-refractivity contribution is 7.44. The first-order valence-electron chi connectivity index (χ1n) is 28.7. The average Bonchev–Trinajstić information content (AvgIpc) is 3.45. The lowest BCUT2D eigenvalue weighted by atomic mass is 9.91. The van der Waals surface area contributed by atoms with Crippen LogP contribution in [0, 0.1) is 12.5 Å². The minimum atomic E-state index is -1.65. The number of aliphatic imine (C=N–C) groups is 1. The topological polar surface area (TPSA) is 221 Å². The first kappa shape index (κ1) is 65.7. The average molecular weight is 1170 g/mol. The van der Waals surface area contributed by atoms with E-state index in [1.165, 1.54) is 4.57 Å². The summed E-state index contributed by atoms with van der Waals surface area (Å²) in [6.07, 6.45) is 1.18. The molecule has 22 heteroatoms. The highest BCUT2D eigenvalue weighted by Gasteiger charge is 2.51. The van der Waals surface area contributed by atoms with Gasteiger partial charge in [-0.1, -0.05) is 81.3 Å². The predicted molar refractivity (Wildman–Crippen MR) is 313 cm³/mol. The summed E-state index contributed by atoms with van der Waals surface area (Å²) < 4.78 is 60.6. The molecule has 1 amide bonds. The van der Waals surface area contributed by atoms with E-state index < -0.39 is 87.2 Å². The molecule has 10 atom stereocenters. The summed E-state index contributed by atoms with van der Waals surface area (Å²) in [5, 5.41) is 3.02. The van der Waals surface area contributed by atoms with Gasteiger partial charge >= 0.3 is 23.6 Å². The molecule has 6 rings (SSSR count). The van der Waals surface area contributed by atoms with Gasteiger partial charge in [0.05, 0.1) is 29.1 Å². The van der Waals surface area contributed by atoms with Crippen molar-refractivity contribution < 1.29 is 61.4 Å². The summed E-state index contributed by atoms with van der Waals surface area (Å²) in [4.78, 5) is 80.6. The Kier molecular flexibility index (Phi) is 27.2. The van der Waals surface area contributed by atoms with E-state index in [2.05, 4.69) is 52.5 Å². The zero-order valence-electron chi connectivity index (χ0n) is 49.0. The van der Waals surface area contributed by atoms with Crippen LogP contribution in [-0.4, -0.2) is 158 Å². The quantitative estimate of drug-likeness (QED) is 0.00892. The molecule has 2 fully saturated rings. The first-order valence-corrected chi connectivity index (χ1v) is 29.8. The van der Waals surface area contributed by atoms with Gasteiger partial charge in [0.2, 0.25) is 12.5 Å². The van der Waals surface area contributed by atoms with Gasteiger partial charge in [0.1, 0.15) is 37.6 Å². The summed E-state index contributed by atoms with van der Waals surface area (Å²) in [5.41, 5.74) is 0.331. The fraction of sp³-hybridized carbons (Fsp3) is 0.541. The smallest absolute Gasteiger partial charge is 0.351 e. The number of nitrogens with one attached hydrogen (secondary N) is 1. The van der Waals surface area contributed by atoms with Gasteiger partial charge in [0.15, 0.2) is 24.4 Å². The molecule has 0 saturated carbocycles. The predicted octanol–water partition coefficient (Wildman–Crippen LogP) is 9.36. The summed E-state index contributed by atoms with van der Waals surface area (Å²) in [5.74, 6) is -2.44. The van der Waals surface area contributed by atoms with Gasteiger partial charge in [-0.15, -0.1) is 0 Å². The second-order valence-electron chi connectivity index (χ2n) is 21.0. The van der Waals surface area contributed by atoms with Crippen LogP contribution in [0.3, 0.4) is 0 Å². The molecule has 1 aromatic heterocycles. The Morgan fingerprint density at radius 3 is 1.93 bits per heavy atom. The number of aromatic nitrogens is 2. The largest absolute Gasteiger partial charge is 0.459 e. The van der Waals surface area contributed by atoms with Crippen LogP contribution in [0.2, 0.25) is 0 Å². The maximum Gasteiger partial charge on any atom is 0.351 e. The van der Waals surface area contributed by atoms with Crippen molar-refractivity contribution in [3.63, 3.8) is 0 Å². The molecule has 83 heavy (non-hydrogen) atoms. The third-order valence-corrected chi connectivity index (χ3v) is 15.8. The van der Waals surface area contributed by atoms with Gasteiger partial charge in [-0.3, -0.25) is 9.36 Å². The summed E-state index contributed by atoms with van der Waals surface area (Å²) in [6, 6.07) is 27.0. The van der Waals surface area contributed by atoms with Gasteiger partial charge < -0.3 is 57.3 Å². The van der Waals surface area contributed by atoms with Gasteiger partial charge in [-0.05, 0) is 102 Å². The number of ether oxygens (including phenoxy) is 7. The Morgan fingerprint density at radius 1 is 0.747 bits per heavy atom. The third-order valence-electron chi connectivity index (χ3n) is 13.7. The van der Waals surface area contributed by atoms with E-state index in [4.69, 9.17) is 48.8 Å². The van der Waals surface area contributed by atoms with E-state index >= 15 is 0 Å². The van der Waals surface area contributed by atoms with Crippen molar-refractivity contribution in [3.05, 3.63) is 142 Å². The Balaban J connectivity index is 1.00. The second kappa shape index (κ2) is 34.3. The monoisotopic (exact) mass is 1170 g/mol. The summed E-state index contributed by atoms with van der Waals surface area (Å²) >= 11 is 0. The lowest BCUT2D eigenvalue weighted by Gasteiger charge is -2.44. The highest BCUT2D eigenvalue weighted by Crippen LogP contribution is 2.51. The lowest BCUT2D eigenvalue weighted by Crippen LogP contribution is -2.58. The number of hydrogen-bond acceptors (Lipinski definition) is 17. The third kappa shape index (κ3) is 20.1. The number of rotatable bonds is 33. The Hall–Kier alpha value is -6.47. The van der Waals surface area contributed by atoms with E-state index in [0.29, 0.717) is 44.4 Å². The standard InChI is InChI=1S/C61H82N7O14P/c1-10-48-54(82-83(77-39-35-62-7)68(42(2)3)43(4)5)55(56(78-48)67-36-33-50(65-61(67)73)64-41-66(8)9)74-37-24-12-11-23-34-63-51(69)32-22-25-38-75-60-44(6)52(80-58(71)46-28-18-14-19-29-46)53(81-59(72)47-30-20-15-21-31-47)49(79-60)40-76-57(70)45-26-16-13-17-27-45/h13-21,26-31,33,36,41-44,48-49,52-56,60H,10-12,22-25,32,34-35,37-40H2,1-6,8-9H3,(H,63,69)/t44-,48-,49-,52-,53+,54?,55+,56-,60-,83?/m1/s1. The minimum absolute atomic E-state index is 0.0698. The van der Waals surface area contributed by atoms with Crippen LogP contribution in [0.1, 0.15) is 130 Å². The number of unbranched alkanes of at least 4 members (excludes halogenated alkanes) is 4. The highest BCUT2D eigenvalue weighted by atomic mass is 31.2. The Morgan fingerprint density at radius 2 is 1.34 bits per heavy atom. The molecule has 0 aliphatic carbocycles. The van der Waals surface area contributed by atoms with Crippen molar-refractivity contribution in [3.8, 4) is 0 Å². The second-order valence-corrected chi connectivity index (χ2v) is 22.4. The lowest BCUT2D eigenvalue weighted by molar-refractivity contribution is -0.281. The molecule has 1 N–H and O–H groups in total. The Labute approximate surface area is 489 Å². The number of esters is 3. The molecule has 2 aliphatic heterocycles. The summed E-state index contributed by atoms with van der Waals surface area (Å²) in [6.45, 7) is 20.5. The van der Waals surface area contributed by atoms with Crippen molar-refractivity contribution >= 4 is 44.5 Å². The molecular formula is C61H82N7O14P. The molecule has 450 valence electrons. The van der Waals surface area contributed by atoms with Gasteiger partial charge in [-0.25, -0.2) is 35.4 Å². The van der Waals surface area contributed by atoms with Gasteiger partial charge in [-0.2, -0.15) is 4.98 Å². The normalized spacial score (nSPS) is 21.9. The van der Waals surface area contributed by atoms with E-state index in [9.17, 15) is 24.0 Å². The van der Waals surface area contributed by atoms with E-state index in [1.807, 2.05) is 21.0 Å². The number of nitrogens with zero attached hydrogens (tertiary/aromatic N) is 6. The molecular weight excluding hydrogens is 1090 g/mol. The maximum atomic E-state index is 13.6. The van der Waals surface area contributed by atoms with Gasteiger partial charge in [0.25, 0.3) is 8.53 Å². The molecule has 21 nitrogen and oxygen atoms in total. The molecule has 0 radical (unpaired) electrons. The molecule has 3 heterocycles. The fourth-order valence-electron chi connectivity index (χ4n) is 9.53. The number of hydrogen-bond donors (Lipinski definition) is 1. The van der Waals surface area contributed by atoms with Crippen molar-refractivity contribution in [1.29, 1.82) is 0 Å². The molecule has 0 spiro atoms. The van der Waals surface area contributed by atoms with Crippen LogP contribution in [0.5, 0.6) is 0 Å². The molecule has 2 aliphatic rings. The van der Waals surface area contributed by atoms with Crippen molar-refractivity contribution in [2.45, 2.75) is 154 Å². The van der Waals surface area contributed by atoms with Crippen LogP contribution >= 0.6 is 8.53 Å². The molecule has 2 saturated heterocycles. The van der Waals surface area contributed by atoms with E-state index in [-0.39, 0.29) is 67.7 Å².